The van der Waals surface area contributed by atoms with E-state index in [0.29, 0.717) is 35.8 Å². The van der Waals surface area contributed by atoms with Gasteiger partial charge in [-0.25, -0.2) is 9.59 Å². The molecule has 5 rings (SSSR count). The number of carbonyl (C=O) groups excluding carboxylic acids is 2. The second-order valence-electron chi connectivity index (χ2n) is 15.5. The maximum atomic E-state index is 12.6. The van der Waals surface area contributed by atoms with Gasteiger partial charge in [-0.2, -0.15) is 0 Å². The molecule has 0 aromatic heterocycles. The summed E-state index contributed by atoms with van der Waals surface area (Å²) in [7, 11) is 10.5. The zero-order chi connectivity index (χ0) is 40.3. The summed E-state index contributed by atoms with van der Waals surface area (Å²) in [6.07, 6.45) is 7.87. The summed E-state index contributed by atoms with van der Waals surface area (Å²) in [5.41, 5.74) is 7.68. The molecule has 11 nitrogen and oxygen atoms in total. The predicted molar refractivity (Wildman–Crippen MR) is 216 cm³/mol. The Morgan fingerprint density at radius 3 is 1.84 bits per heavy atom. The van der Waals surface area contributed by atoms with Gasteiger partial charge in [0.15, 0.2) is 23.0 Å². The molecule has 3 aromatic rings. The Labute approximate surface area is 333 Å². The Kier molecular flexibility index (Phi) is 14.7. The summed E-state index contributed by atoms with van der Waals surface area (Å²) in [6, 6.07) is 15.1. The number of hydrogen-bond donors (Lipinski definition) is 0. The van der Waals surface area contributed by atoms with Crippen LogP contribution in [-0.4, -0.2) is 109 Å². The molecule has 1 saturated heterocycles. The predicted octanol–water partition coefficient (Wildman–Crippen LogP) is 6.87. The highest BCUT2D eigenvalue weighted by Crippen LogP contribution is 2.41. The average molecular weight is 775 g/mol. The molecular weight excluding hydrogens is 713 g/mol. The van der Waals surface area contributed by atoms with Gasteiger partial charge < -0.3 is 42.1 Å². The van der Waals surface area contributed by atoms with Gasteiger partial charge >= 0.3 is 11.9 Å². The van der Waals surface area contributed by atoms with Crippen molar-refractivity contribution in [2.75, 3.05) is 88.5 Å². The second kappa shape index (κ2) is 19.4. The summed E-state index contributed by atoms with van der Waals surface area (Å²) in [5.74, 6) is 2.20. The number of rotatable bonds is 19. The highest BCUT2D eigenvalue weighted by atomic mass is 16.5. The van der Waals surface area contributed by atoms with Crippen molar-refractivity contribution in [1.29, 1.82) is 0 Å². The lowest BCUT2D eigenvalue weighted by Crippen LogP contribution is -2.52. The molecule has 3 aromatic carbocycles. The van der Waals surface area contributed by atoms with E-state index in [0.717, 1.165) is 91.3 Å². The molecule has 0 bridgehead atoms. The number of fused-ring (bicyclic) bond motifs is 1. The van der Waals surface area contributed by atoms with E-state index in [-0.39, 0.29) is 19.3 Å². The third-order valence-corrected chi connectivity index (χ3v) is 11.8. The minimum Gasteiger partial charge on any atom is -0.493 e. The largest absolute Gasteiger partial charge is 0.493 e. The molecule has 2 heterocycles. The zero-order valence-corrected chi connectivity index (χ0v) is 34.7. The van der Waals surface area contributed by atoms with Crippen molar-refractivity contribution in [2.45, 2.75) is 65.0 Å². The van der Waals surface area contributed by atoms with Crippen molar-refractivity contribution in [3.05, 3.63) is 88.0 Å². The first kappa shape index (κ1) is 42.4. The van der Waals surface area contributed by atoms with E-state index in [1.54, 1.807) is 35.5 Å². The van der Waals surface area contributed by atoms with Crippen molar-refractivity contribution >= 4 is 11.9 Å². The number of ether oxygens (including phenoxy) is 7. The summed E-state index contributed by atoms with van der Waals surface area (Å²) in [5, 5.41) is 0. The number of aryl methyl sites for hydroxylation is 2. The number of quaternary nitrogens is 2. The van der Waals surface area contributed by atoms with Crippen LogP contribution in [-0.2, 0) is 38.4 Å². The van der Waals surface area contributed by atoms with Crippen LogP contribution in [0.1, 0.15) is 65.1 Å². The Balaban J connectivity index is 1.10. The molecule has 2 aliphatic rings. The van der Waals surface area contributed by atoms with Crippen LogP contribution in [0.25, 0.3) is 0 Å². The smallest absolute Gasteiger partial charge is 0.331 e. The Bertz CT molecular complexity index is 1830. The molecule has 2 atom stereocenters. The van der Waals surface area contributed by atoms with Crippen molar-refractivity contribution in [1.82, 2.24) is 0 Å². The molecule has 1 fully saturated rings. The van der Waals surface area contributed by atoms with Gasteiger partial charge in [-0.3, -0.25) is 0 Å². The molecule has 2 aliphatic heterocycles. The molecule has 0 radical (unpaired) electrons. The Hall–Kier alpha value is -4.74. The number of carbonyl (C=O) groups is 2. The van der Waals surface area contributed by atoms with Gasteiger partial charge in [0, 0.05) is 61.8 Å². The van der Waals surface area contributed by atoms with Crippen LogP contribution >= 0.6 is 0 Å². The van der Waals surface area contributed by atoms with E-state index < -0.39 is 11.9 Å². The second-order valence-corrected chi connectivity index (χ2v) is 15.5. The molecule has 0 aliphatic carbocycles. The molecule has 56 heavy (non-hydrogen) atoms. The van der Waals surface area contributed by atoms with Gasteiger partial charge in [-0.05, 0) is 66.4 Å². The van der Waals surface area contributed by atoms with Gasteiger partial charge in [-0.15, -0.1) is 0 Å². The van der Waals surface area contributed by atoms with Gasteiger partial charge in [0.25, 0.3) is 0 Å². The fourth-order valence-electron chi connectivity index (χ4n) is 8.61. The summed E-state index contributed by atoms with van der Waals surface area (Å²) in [4.78, 5) is 25.1. The van der Waals surface area contributed by atoms with Gasteiger partial charge in [0.2, 0.25) is 5.75 Å². The highest BCUT2D eigenvalue weighted by molar-refractivity contribution is 5.91. The molecule has 0 N–H and O–H groups in total. The fourth-order valence-corrected chi connectivity index (χ4v) is 8.61. The molecule has 0 saturated carbocycles. The number of nitrogens with zero attached hydrogens (tertiary/aromatic N) is 2. The Morgan fingerprint density at radius 2 is 1.25 bits per heavy atom. The topological polar surface area (TPSA) is 98.8 Å². The monoisotopic (exact) mass is 774 g/mol. The maximum Gasteiger partial charge on any atom is 0.331 e. The quantitative estimate of drug-likeness (QED) is 0.0560. The van der Waals surface area contributed by atoms with Crippen LogP contribution < -0.4 is 23.7 Å². The lowest BCUT2D eigenvalue weighted by molar-refractivity contribution is -0.941. The fraction of sp³-hybridized carbons (Fsp3) is 0.511. The summed E-state index contributed by atoms with van der Waals surface area (Å²) < 4.78 is 40.5. The number of likely N-dealkylation sites (tertiary alicyclic amines) is 1. The summed E-state index contributed by atoms with van der Waals surface area (Å²) in [6.45, 7) is 10.5. The van der Waals surface area contributed by atoms with Crippen LogP contribution in [0.4, 0.5) is 0 Å². The molecule has 0 unspecified atom stereocenters. The number of likely N-dealkylation sites (N-methyl/N-ethyl adjacent to an activating group) is 1. The first-order chi connectivity index (χ1) is 27.0. The van der Waals surface area contributed by atoms with Crippen molar-refractivity contribution in [2.24, 2.45) is 0 Å². The minimum atomic E-state index is -0.548. The highest BCUT2D eigenvalue weighted by Gasteiger charge is 2.39. The molecule has 304 valence electrons. The van der Waals surface area contributed by atoms with Crippen molar-refractivity contribution in [3.63, 3.8) is 0 Å². The SMILES string of the molecule is COc1ccc(C[C@@H]2c3cc(C)c(C)cc3CC[N@@+]2(C)CCCOC(=O)/C=C\C(=O)OCCC[N+]2(Cc3cc(OC)c(OC)c(OC)c3)CCCC2)cc1OC. The van der Waals surface area contributed by atoms with E-state index in [4.69, 9.17) is 33.2 Å². The molecule has 0 amide bonds. The number of esters is 2. The lowest BCUT2D eigenvalue weighted by Gasteiger charge is -2.46. The number of methoxy groups -OCH3 is 5. The van der Waals surface area contributed by atoms with Gasteiger partial charge in [0.05, 0.1) is 88.5 Å². The molecule has 11 heteroatoms. The van der Waals surface area contributed by atoms with Crippen LogP contribution in [0.3, 0.4) is 0 Å². The van der Waals surface area contributed by atoms with Crippen LogP contribution in [0.2, 0.25) is 0 Å². The maximum absolute atomic E-state index is 12.6. The van der Waals surface area contributed by atoms with Crippen LogP contribution in [0.15, 0.2) is 54.6 Å². The van der Waals surface area contributed by atoms with E-state index in [2.05, 4.69) is 45.2 Å². The Morgan fingerprint density at radius 1 is 0.679 bits per heavy atom. The summed E-state index contributed by atoms with van der Waals surface area (Å²) >= 11 is 0. The van der Waals surface area contributed by atoms with E-state index in [1.165, 1.54) is 33.9 Å². The lowest BCUT2D eigenvalue weighted by atomic mass is 9.84. The van der Waals surface area contributed by atoms with E-state index in [1.807, 2.05) is 18.2 Å². The van der Waals surface area contributed by atoms with E-state index >= 15 is 0 Å². The third kappa shape index (κ3) is 10.4. The average Bonchev–Trinajstić information content (AvgIpc) is 3.66. The van der Waals surface area contributed by atoms with Crippen LogP contribution in [0.5, 0.6) is 28.7 Å². The number of hydrogen-bond acceptors (Lipinski definition) is 9. The molecule has 0 spiro atoms. The first-order valence-electron chi connectivity index (χ1n) is 19.8. The van der Waals surface area contributed by atoms with Gasteiger partial charge in [0.1, 0.15) is 12.6 Å². The van der Waals surface area contributed by atoms with Crippen molar-refractivity contribution in [3.8, 4) is 28.7 Å². The normalized spacial score (nSPS) is 18.6. The molecular formula is C45H62N2O9+2. The number of benzene rings is 3. The minimum absolute atomic E-state index is 0.221. The van der Waals surface area contributed by atoms with Crippen molar-refractivity contribution < 1.29 is 51.7 Å². The first-order valence-corrected chi connectivity index (χ1v) is 19.8. The standard InChI is InChI=1S/C45H62N2O9/c1-32-25-36-17-22-46(3,38(37(36)26-33(32)2)27-34-13-14-39(50-4)40(28-34)51-5)18-11-23-55-43(48)15-16-44(49)56-24-12-21-47(19-9-10-20-47)31-35-29-41(52-6)45(54-8)42(30-35)53-7/h13-16,25-26,28-30,38H,9-12,17-24,27,31H2,1-8H3/q+2/b16-15-/t38-,46-/m1/s1. The zero-order valence-electron chi connectivity index (χ0n) is 34.7. The third-order valence-electron chi connectivity index (χ3n) is 11.8. The van der Waals surface area contributed by atoms with Gasteiger partial charge in [-0.1, -0.05) is 12.1 Å². The van der Waals surface area contributed by atoms with E-state index in [9.17, 15) is 9.59 Å². The van der Waals surface area contributed by atoms with Crippen LogP contribution in [0, 0.1) is 13.8 Å².